The maximum atomic E-state index is 11.7. The van der Waals surface area contributed by atoms with Crippen molar-refractivity contribution in [2.24, 2.45) is 11.8 Å². The van der Waals surface area contributed by atoms with E-state index in [9.17, 15) is 4.79 Å². The molecule has 0 aromatic rings. The van der Waals surface area contributed by atoms with E-state index in [0.717, 1.165) is 6.42 Å². The topological polar surface area (TPSA) is 62.1 Å². The van der Waals surface area contributed by atoms with E-state index in [1.54, 1.807) is 0 Å². The molecule has 0 radical (unpaired) electrons. The fraction of sp³-hybridized carbons (Fsp3) is 0.818. The van der Waals surface area contributed by atoms with Crippen LogP contribution < -0.4 is 5.32 Å². The number of hydrogen-bond donors (Lipinski definition) is 1. The number of nitrogens with zero attached hydrogens (tertiary/aromatic N) is 1. The molecule has 1 N–H and O–H groups in total. The first-order chi connectivity index (χ1) is 7.06. The van der Waals surface area contributed by atoms with Gasteiger partial charge in [-0.05, 0) is 18.3 Å². The lowest BCUT2D eigenvalue weighted by Gasteiger charge is -2.19. The van der Waals surface area contributed by atoms with Gasteiger partial charge in [0.25, 0.3) is 0 Å². The Morgan fingerprint density at radius 1 is 1.60 bits per heavy atom. The number of ether oxygens (including phenoxy) is 1. The summed E-state index contributed by atoms with van der Waals surface area (Å²) in [4.78, 5) is 11.7. The number of carbonyl (C=O) groups is 1. The van der Waals surface area contributed by atoms with E-state index in [1.165, 1.54) is 0 Å². The Labute approximate surface area is 90.6 Å². The zero-order valence-corrected chi connectivity index (χ0v) is 9.49. The average Bonchev–Trinajstić information content (AvgIpc) is 2.60. The Hall–Kier alpha value is -1.08. The van der Waals surface area contributed by atoms with E-state index in [2.05, 4.69) is 11.4 Å². The smallest absolute Gasteiger partial charge is 0.250 e. The number of nitrogens with one attached hydrogen (secondary N) is 1. The third-order valence-electron chi connectivity index (χ3n) is 2.75. The summed E-state index contributed by atoms with van der Waals surface area (Å²) in [5.41, 5.74) is 0. The standard InChI is InChI=1S/C11H18N2O2/c1-7(2)9(6-12)13-11(14)10-8(3)4-5-15-10/h7-10H,4-5H2,1-3H3,(H,13,14). The van der Waals surface area contributed by atoms with Gasteiger partial charge >= 0.3 is 0 Å². The lowest BCUT2D eigenvalue weighted by molar-refractivity contribution is -0.132. The SMILES string of the molecule is CC(C)C(C#N)NC(=O)C1OCCC1C. The Kier molecular flexibility index (Phi) is 4.10. The van der Waals surface area contributed by atoms with Crippen LogP contribution in [0.1, 0.15) is 27.2 Å². The highest BCUT2D eigenvalue weighted by Crippen LogP contribution is 2.20. The van der Waals surface area contributed by atoms with Gasteiger partial charge in [-0.1, -0.05) is 20.8 Å². The molecule has 4 heteroatoms. The van der Waals surface area contributed by atoms with Gasteiger partial charge in [0.2, 0.25) is 5.91 Å². The van der Waals surface area contributed by atoms with Gasteiger partial charge in [0.1, 0.15) is 12.1 Å². The molecule has 84 valence electrons. The van der Waals surface area contributed by atoms with Crippen LogP contribution in [0.2, 0.25) is 0 Å². The summed E-state index contributed by atoms with van der Waals surface area (Å²) in [7, 11) is 0. The van der Waals surface area contributed by atoms with Crippen LogP contribution in [-0.4, -0.2) is 24.7 Å². The molecule has 0 aromatic heterocycles. The number of carbonyl (C=O) groups excluding carboxylic acids is 1. The quantitative estimate of drug-likeness (QED) is 0.758. The second kappa shape index (κ2) is 5.13. The van der Waals surface area contributed by atoms with E-state index < -0.39 is 6.04 Å². The van der Waals surface area contributed by atoms with Gasteiger partial charge in [-0.15, -0.1) is 0 Å². The van der Waals surface area contributed by atoms with Crippen LogP contribution in [0.4, 0.5) is 0 Å². The summed E-state index contributed by atoms with van der Waals surface area (Å²) >= 11 is 0. The van der Waals surface area contributed by atoms with E-state index in [0.29, 0.717) is 6.61 Å². The fourth-order valence-corrected chi connectivity index (χ4v) is 1.61. The molecule has 3 atom stereocenters. The Morgan fingerprint density at radius 3 is 2.67 bits per heavy atom. The van der Waals surface area contributed by atoms with Crippen molar-refractivity contribution in [1.82, 2.24) is 5.32 Å². The summed E-state index contributed by atoms with van der Waals surface area (Å²) in [6.07, 6.45) is 0.538. The molecule has 4 nitrogen and oxygen atoms in total. The monoisotopic (exact) mass is 210 g/mol. The number of amides is 1. The summed E-state index contributed by atoms with van der Waals surface area (Å²) in [6, 6.07) is 1.66. The van der Waals surface area contributed by atoms with Gasteiger partial charge in [0.05, 0.1) is 6.07 Å². The molecular weight excluding hydrogens is 192 g/mol. The largest absolute Gasteiger partial charge is 0.368 e. The van der Waals surface area contributed by atoms with Crippen molar-refractivity contribution in [1.29, 1.82) is 5.26 Å². The molecule has 1 aliphatic rings. The van der Waals surface area contributed by atoms with Crippen LogP contribution in [0, 0.1) is 23.2 Å². The second-order valence-electron chi connectivity index (χ2n) is 4.42. The first kappa shape index (κ1) is 12.0. The normalized spacial score (nSPS) is 27.4. The van der Waals surface area contributed by atoms with E-state index in [1.807, 2.05) is 20.8 Å². The minimum atomic E-state index is -0.422. The molecule has 3 unspecified atom stereocenters. The van der Waals surface area contributed by atoms with Crippen molar-refractivity contribution in [2.75, 3.05) is 6.61 Å². The van der Waals surface area contributed by atoms with Gasteiger partial charge in [0.15, 0.2) is 0 Å². The first-order valence-corrected chi connectivity index (χ1v) is 5.38. The van der Waals surface area contributed by atoms with Crippen LogP contribution in [0.5, 0.6) is 0 Å². The van der Waals surface area contributed by atoms with Crippen LogP contribution in [0.15, 0.2) is 0 Å². The van der Waals surface area contributed by atoms with E-state index in [-0.39, 0.29) is 23.8 Å². The predicted octanol–water partition coefficient (Wildman–Crippen LogP) is 1.08. The van der Waals surface area contributed by atoms with Gasteiger partial charge in [-0.3, -0.25) is 4.79 Å². The zero-order chi connectivity index (χ0) is 11.4. The Balaban J connectivity index is 2.51. The van der Waals surface area contributed by atoms with Crippen molar-refractivity contribution in [3.63, 3.8) is 0 Å². The minimum Gasteiger partial charge on any atom is -0.368 e. The highest BCUT2D eigenvalue weighted by molar-refractivity contribution is 5.81. The number of rotatable bonds is 3. The van der Waals surface area contributed by atoms with E-state index >= 15 is 0 Å². The summed E-state index contributed by atoms with van der Waals surface area (Å²) < 4.78 is 5.33. The molecule has 0 bridgehead atoms. The molecular formula is C11H18N2O2. The van der Waals surface area contributed by atoms with Crippen molar-refractivity contribution < 1.29 is 9.53 Å². The van der Waals surface area contributed by atoms with Gasteiger partial charge in [-0.2, -0.15) is 5.26 Å². The van der Waals surface area contributed by atoms with Crippen LogP contribution >= 0.6 is 0 Å². The molecule has 1 saturated heterocycles. The maximum Gasteiger partial charge on any atom is 0.250 e. The predicted molar refractivity (Wildman–Crippen MR) is 55.9 cm³/mol. The summed E-state index contributed by atoms with van der Waals surface area (Å²) in [6.45, 7) is 6.45. The van der Waals surface area contributed by atoms with Crippen molar-refractivity contribution in [3.05, 3.63) is 0 Å². The Bertz CT molecular complexity index is 270. The molecule has 0 aromatic carbocycles. The number of nitriles is 1. The molecule has 0 saturated carbocycles. The zero-order valence-electron chi connectivity index (χ0n) is 9.49. The van der Waals surface area contributed by atoms with Crippen LogP contribution in [0.25, 0.3) is 0 Å². The fourth-order valence-electron chi connectivity index (χ4n) is 1.61. The lowest BCUT2D eigenvalue weighted by Crippen LogP contribution is -2.44. The van der Waals surface area contributed by atoms with Crippen LogP contribution in [0.3, 0.4) is 0 Å². The molecule has 1 rings (SSSR count). The molecule has 1 heterocycles. The first-order valence-electron chi connectivity index (χ1n) is 5.38. The van der Waals surface area contributed by atoms with Gasteiger partial charge in [-0.25, -0.2) is 0 Å². The van der Waals surface area contributed by atoms with Crippen molar-refractivity contribution in [3.8, 4) is 6.07 Å². The third-order valence-corrected chi connectivity index (χ3v) is 2.75. The molecule has 15 heavy (non-hydrogen) atoms. The highest BCUT2D eigenvalue weighted by Gasteiger charge is 2.32. The van der Waals surface area contributed by atoms with E-state index in [4.69, 9.17) is 10.00 Å². The molecule has 0 spiro atoms. The average molecular weight is 210 g/mol. The Morgan fingerprint density at radius 2 is 2.27 bits per heavy atom. The van der Waals surface area contributed by atoms with Gasteiger partial charge in [0, 0.05) is 6.61 Å². The minimum absolute atomic E-state index is 0.121. The third kappa shape index (κ3) is 2.93. The molecule has 1 amide bonds. The van der Waals surface area contributed by atoms with Crippen molar-refractivity contribution >= 4 is 5.91 Å². The van der Waals surface area contributed by atoms with Gasteiger partial charge < -0.3 is 10.1 Å². The van der Waals surface area contributed by atoms with Crippen molar-refractivity contribution in [2.45, 2.75) is 39.3 Å². The lowest BCUT2D eigenvalue weighted by atomic mass is 10.0. The summed E-state index contributed by atoms with van der Waals surface area (Å²) in [5, 5.41) is 11.6. The number of hydrogen-bond acceptors (Lipinski definition) is 3. The maximum absolute atomic E-state index is 11.7. The highest BCUT2D eigenvalue weighted by atomic mass is 16.5. The molecule has 0 aliphatic carbocycles. The summed E-state index contributed by atoms with van der Waals surface area (Å²) in [5.74, 6) is 0.215. The molecule has 1 aliphatic heterocycles. The molecule has 1 fully saturated rings. The van der Waals surface area contributed by atoms with Crippen LogP contribution in [-0.2, 0) is 9.53 Å². The second-order valence-corrected chi connectivity index (χ2v) is 4.42.